The number of unbranched alkanes of at least 4 members (excludes halogenated alkanes) is 7. The zero-order chi connectivity index (χ0) is 17.1. The average Bonchev–Trinajstić information content (AvgIpc) is 2.52. The van der Waals surface area contributed by atoms with Gasteiger partial charge in [-0.2, -0.15) is 0 Å². The highest BCUT2D eigenvalue weighted by molar-refractivity contribution is 5.93. The second kappa shape index (κ2) is 10.7. The minimum absolute atomic E-state index is 0.196. The molecule has 0 fully saturated rings. The summed E-state index contributed by atoms with van der Waals surface area (Å²) in [6.07, 6.45) is 8.89. The zero-order valence-electron chi connectivity index (χ0n) is 13.6. The second-order valence-electron chi connectivity index (χ2n) is 5.53. The molecule has 5 nitrogen and oxygen atoms in total. The van der Waals surface area contributed by atoms with Crippen molar-refractivity contribution in [1.29, 1.82) is 0 Å². The van der Waals surface area contributed by atoms with E-state index in [1.807, 2.05) is 0 Å². The third kappa shape index (κ3) is 7.21. The van der Waals surface area contributed by atoms with Crippen molar-refractivity contribution in [2.75, 3.05) is 6.61 Å². The monoisotopic (exact) mass is 325 g/mol. The van der Waals surface area contributed by atoms with Gasteiger partial charge >= 0.3 is 5.97 Å². The van der Waals surface area contributed by atoms with E-state index in [9.17, 15) is 19.3 Å². The number of esters is 1. The van der Waals surface area contributed by atoms with Crippen LogP contribution in [0.2, 0.25) is 0 Å². The number of nitro benzene ring substituents is 1. The fourth-order valence-electron chi connectivity index (χ4n) is 2.31. The lowest BCUT2D eigenvalue weighted by atomic mass is 10.1. The fraction of sp³-hybridized carbons (Fsp3) is 0.588. The SMILES string of the molecule is CCCCCCCCCCOC(=O)c1cc(F)ccc1[N+](=O)[O-]. The first-order valence-corrected chi connectivity index (χ1v) is 8.17. The van der Waals surface area contributed by atoms with E-state index < -0.39 is 22.4 Å². The van der Waals surface area contributed by atoms with E-state index in [2.05, 4.69) is 6.92 Å². The largest absolute Gasteiger partial charge is 0.462 e. The molecule has 0 N–H and O–H groups in total. The van der Waals surface area contributed by atoms with Crippen LogP contribution in [0.3, 0.4) is 0 Å². The van der Waals surface area contributed by atoms with Gasteiger partial charge in [-0.3, -0.25) is 10.1 Å². The number of carbonyl (C=O) groups excluding carboxylic acids is 1. The van der Waals surface area contributed by atoms with Crippen molar-refractivity contribution in [3.05, 3.63) is 39.7 Å². The van der Waals surface area contributed by atoms with E-state index in [0.29, 0.717) is 6.42 Å². The Kier molecular flexibility index (Phi) is 8.87. The number of ether oxygens (including phenoxy) is 1. The summed E-state index contributed by atoms with van der Waals surface area (Å²) in [4.78, 5) is 22.0. The van der Waals surface area contributed by atoms with Crippen molar-refractivity contribution in [2.45, 2.75) is 58.3 Å². The van der Waals surface area contributed by atoms with Gasteiger partial charge in [-0.25, -0.2) is 9.18 Å². The van der Waals surface area contributed by atoms with Gasteiger partial charge in [0.25, 0.3) is 5.69 Å². The number of hydrogen-bond donors (Lipinski definition) is 0. The fourth-order valence-corrected chi connectivity index (χ4v) is 2.31. The van der Waals surface area contributed by atoms with Crippen LogP contribution in [-0.4, -0.2) is 17.5 Å². The molecule has 0 saturated carbocycles. The Morgan fingerprint density at radius 3 is 2.35 bits per heavy atom. The Morgan fingerprint density at radius 1 is 1.13 bits per heavy atom. The van der Waals surface area contributed by atoms with Gasteiger partial charge < -0.3 is 4.74 Å². The van der Waals surface area contributed by atoms with Crippen LogP contribution in [0.25, 0.3) is 0 Å². The number of rotatable bonds is 11. The van der Waals surface area contributed by atoms with E-state index in [0.717, 1.165) is 31.0 Å². The molecule has 1 aromatic rings. The molecule has 6 heteroatoms. The molecule has 0 aliphatic heterocycles. The summed E-state index contributed by atoms with van der Waals surface area (Å²) >= 11 is 0. The molecular weight excluding hydrogens is 301 g/mol. The Morgan fingerprint density at radius 2 is 1.74 bits per heavy atom. The van der Waals surface area contributed by atoms with Gasteiger partial charge in [-0.05, 0) is 18.6 Å². The molecule has 0 spiro atoms. The van der Waals surface area contributed by atoms with Crippen LogP contribution in [0.15, 0.2) is 18.2 Å². The standard InChI is InChI=1S/C17H24FNO4/c1-2-3-4-5-6-7-8-9-12-23-17(20)15-13-14(18)10-11-16(15)19(21)22/h10-11,13H,2-9,12H2,1H3. The molecular formula is C17H24FNO4. The summed E-state index contributed by atoms with van der Waals surface area (Å²) in [5.74, 6) is -1.55. The lowest BCUT2D eigenvalue weighted by molar-refractivity contribution is -0.385. The first-order chi connectivity index (χ1) is 11.1. The summed E-state index contributed by atoms with van der Waals surface area (Å²) in [7, 11) is 0. The van der Waals surface area contributed by atoms with Gasteiger partial charge in [0.1, 0.15) is 11.4 Å². The van der Waals surface area contributed by atoms with Crippen LogP contribution in [-0.2, 0) is 4.74 Å². The number of nitro groups is 1. The van der Waals surface area contributed by atoms with Crippen LogP contribution < -0.4 is 0 Å². The van der Waals surface area contributed by atoms with Crippen molar-refractivity contribution >= 4 is 11.7 Å². The Hall–Kier alpha value is -1.98. The van der Waals surface area contributed by atoms with E-state index in [1.165, 1.54) is 32.1 Å². The van der Waals surface area contributed by atoms with Crippen LogP contribution in [0.4, 0.5) is 10.1 Å². The van der Waals surface area contributed by atoms with Crippen molar-refractivity contribution in [3.63, 3.8) is 0 Å². The van der Waals surface area contributed by atoms with Gasteiger partial charge in [0, 0.05) is 6.07 Å². The number of hydrogen-bond acceptors (Lipinski definition) is 4. The normalized spacial score (nSPS) is 10.5. The minimum Gasteiger partial charge on any atom is -0.462 e. The average molecular weight is 325 g/mol. The topological polar surface area (TPSA) is 69.4 Å². The number of carbonyl (C=O) groups is 1. The maximum Gasteiger partial charge on any atom is 0.345 e. The first-order valence-electron chi connectivity index (χ1n) is 8.17. The minimum atomic E-state index is -0.848. The zero-order valence-corrected chi connectivity index (χ0v) is 13.6. The molecule has 0 unspecified atom stereocenters. The molecule has 0 heterocycles. The number of nitrogens with zero attached hydrogens (tertiary/aromatic N) is 1. The molecule has 23 heavy (non-hydrogen) atoms. The molecule has 0 radical (unpaired) electrons. The smallest absolute Gasteiger partial charge is 0.345 e. The lowest BCUT2D eigenvalue weighted by Gasteiger charge is -2.06. The lowest BCUT2D eigenvalue weighted by Crippen LogP contribution is -2.09. The molecule has 0 bridgehead atoms. The third-order valence-corrected chi connectivity index (χ3v) is 3.61. The van der Waals surface area contributed by atoms with Crippen LogP contribution in [0, 0.1) is 15.9 Å². The maximum atomic E-state index is 13.2. The van der Waals surface area contributed by atoms with E-state index in [1.54, 1.807) is 0 Å². The van der Waals surface area contributed by atoms with E-state index >= 15 is 0 Å². The summed E-state index contributed by atoms with van der Waals surface area (Å²) in [6.45, 7) is 2.37. The summed E-state index contributed by atoms with van der Waals surface area (Å²) < 4.78 is 18.2. The highest BCUT2D eigenvalue weighted by Gasteiger charge is 2.22. The van der Waals surface area contributed by atoms with E-state index in [-0.39, 0.29) is 12.2 Å². The molecule has 1 rings (SSSR count). The van der Waals surface area contributed by atoms with E-state index in [4.69, 9.17) is 4.74 Å². The number of benzene rings is 1. The van der Waals surface area contributed by atoms with Gasteiger partial charge in [0.2, 0.25) is 0 Å². The van der Waals surface area contributed by atoms with Gasteiger partial charge in [-0.1, -0.05) is 51.9 Å². The quantitative estimate of drug-likeness (QED) is 0.247. The van der Waals surface area contributed by atoms with Crippen LogP contribution in [0.1, 0.15) is 68.6 Å². The Bertz CT molecular complexity index is 519. The Balaban J connectivity index is 2.29. The summed E-state index contributed by atoms with van der Waals surface area (Å²) in [6, 6.07) is 2.77. The predicted molar refractivity (Wildman–Crippen MR) is 85.9 cm³/mol. The van der Waals surface area contributed by atoms with Crippen LogP contribution in [0.5, 0.6) is 0 Å². The van der Waals surface area contributed by atoms with Gasteiger partial charge in [0.05, 0.1) is 11.5 Å². The first kappa shape index (κ1) is 19.1. The molecule has 0 saturated heterocycles. The molecule has 128 valence electrons. The molecule has 0 amide bonds. The van der Waals surface area contributed by atoms with Crippen LogP contribution >= 0.6 is 0 Å². The highest BCUT2D eigenvalue weighted by atomic mass is 19.1. The van der Waals surface area contributed by atoms with Crippen molar-refractivity contribution in [3.8, 4) is 0 Å². The van der Waals surface area contributed by atoms with Crippen molar-refractivity contribution < 1.29 is 18.8 Å². The Labute approximate surface area is 136 Å². The third-order valence-electron chi connectivity index (χ3n) is 3.61. The summed E-state index contributed by atoms with van der Waals surface area (Å²) in [5.41, 5.74) is -0.776. The molecule has 0 aliphatic carbocycles. The maximum absolute atomic E-state index is 13.2. The highest BCUT2D eigenvalue weighted by Crippen LogP contribution is 2.20. The predicted octanol–water partition coefficient (Wildman–Crippen LogP) is 5.03. The van der Waals surface area contributed by atoms with Gasteiger partial charge in [0.15, 0.2) is 0 Å². The molecule has 0 aliphatic rings. The molecule has 0 aromatic heterocycles. The summed E-state index contributed by atoms with van der Waals surface area (Å²) in [5, 5.41) is 10.8. The number of halogens is 1. The molecule has 0 atom stereocenters. The second-order valence-corrected chi connectivity index (χ2v) is 5.53. The molecule has 1 aromatic carbocycles. The van der Waals surface area contributed by atoms with Crippen molar-refractivity contribution in [1.82, 2.24) is 0 Å². The van der Waals surface area contributed by atoms with Crippen molar-refractivity contribution in [2.24, 2.45) is 0 Å². The van der Waals surface area contributed by atoms with Gasteiger partial charge in [-0.15, -0.1) is 0 Å².